The van der Waals surface area contributed by atoms with Gasteiger partial charge >= 0.3 is 0 Å². The number of nitrogens with zero attached hydrogens (tertiary/aromatic N) is 1. The molecule has 76 valence electrons. The number of hydrogen-bond donors (Lipinski definition) is 3. The molecule has 1 saturated heterocycles. The van der Waals surface area contributed by atoms with Crippen LogP contribution >= 0.6 is 0 Å². The first-order valence-electron chi connectivity index (χ1n) is 4.82. The van der Waals surface area contributed by atoms with Crippen molar-refractivity contribution in [2.45, 2.75) is 25.8 Å². The molecule has 0 bridgehead atoms. The summed E-state index contributed by atoms with van der Waals surface area (Å²) in [6.45, 7) is 2.83. The number of hydrogen-bond acceptors (Lipinski definition) is 3. The average molecular weight is 194 g/mol. The molecule has 1 fully saturated rings. The van der Waals surface area contributed by atoms with E-state index in [9.17, 15) is 4.79 Å². The molecule has 1 aliphatic rings. The van der Waals surface area contributed by atoms with Crippen LogP contribution in [-0.2, 0) is 4.79 Å². The van der Waals surface area contributed by atoms with Gasteiger partial charge in [0.1, 0.15) is 0 Å². The van der Waals surface area contributed by atoms with Crippen LogP contribution in [0.4, 0.5) is 5.82 Å². The third-order valence-electron chi connectivity index (χ3n) is 2.33. The summed E-state index contributed by atoms with van der Waals surface area (Å²) in [6.07, 6.45) is 1.98. The van der Waals surface area contributed by atoms with Gasteiger partial charge in [0.15, 0.2) is 5.82 Å². The summed E-state index contributed by atoms with van der Waals surface area (Å²) in [7, 11) is 0. The highest BCUT2D eigenvalue weighted by Crippen LogP contribution is 2.09. The summed E-state index contributed by atoms with van der Waals surface area (Å²) in [4.78, 5) is 11.6. The normalized spacial score (nSPS) is 21.1. The molecule has 1 aromatic heterocycles. The maximum atomic E-state index is 11.6. The van der Waals surface area contributed by atoms with Crippen molar-refractivity contribution in [1.29, 1.82) is 0 Å². The zero-order chi connectivity index (χ0) is 9.97. The van der Waals surface area contributed by atoms with Gasteiger partial charge in [-0.25, -0.2) is 0 Å². The number of rotatable bonds is 2. The molecule has 1 amide bonds. The van der Waals surface area contributed by atoms with Crippen LogP contribution in [0, 0.1) is 6.92 Å². The number of carbonyl (C=O) groups excluding carboxylic acids is 1. The lowest BCUT2D eigenvalue weighted by Crippen LogP contribution is -2.35. The quantitative estimate of drug-likeness (QED) is 0.638. The van der Waals surface area contributed by atoms with Crippen molar-refractivity contribution in [3.05, 3.63) is 11.8 Å². The highest BCUT2D eigenvalue weighted by atomic mass is 16.2. The first kappa shape index (κ1) is 9.21. The fraction of sp³-hybridized carbons (Fsp3) is 0.556. The van der Waals surface area contributed by atoms with Crippen LogP contribution in [0.1, 0.15) is 18.5 Å². The summed E-state index contributed by atoms with van der Waals surface area (Å²) >= 11 is 0. The van der Waals surface area contributed by atoms with Gasteiger partial charge in [0.05, 0.1) is 6.04 Å². The zero-order valence-corrected chi connectivity index (χ0v) is 8.13. The van der Waals surface area contributed by atoms with Gasteiger partial charge < -0.3 is 10.6 Å². The van der Waals surface area contributed by atoms with E-state index in [1.54, 1.807) is 0 Å². The number of anilines is 1. The van der Waals surface area contributed by atoms with Crippen molar-refractivity contribution in [3.63, 3.8) is 0 Å². The third-order valence-corrected chi connectivity index (χ3v) is 2.33. The molecule has 2 rings (SSSR count). The van der Waals surface area contributed by atoms with E-state index in [1.165, 1.54) is 0 Å². The van der Waals surface area contributed by atoms with Gasteiger partial charge in [-0.2, -0.15) is 5.10 Å². The second kappa shape index (κ2) is 3.79. The summed E-state index contributed by atoms with van der Waals surface area (Å²) in [5, 5.41) is 12.6. The molecule has 0 saturated carbocycles. The first-order valence-corrected chi connectivity index (χ1v) is 4.82. The average Bonchev–Trinajstić information content (AvgIpc) is 2.75. The topological polar surface area (TPSA) is 69.8 Å². The van der Waals surface area contributed by atoms with E-state index < -0.39 is 0 Å². The van der Waals surface area contributed by atoms with Crippen LogP contribution in [0.5, 0.6) is 0 Å². The molecule has 1 aliphatic heterocycles. The van der Waals surface area contributed by atoms with Crippen molar-refractivity contribution in [2.75, 3.05) is 11.9 Å². The van der Waals surface area contributed by atoms with Crippen molar-refractivity contribution < 1.29 is 4.79 Å². The predicted molar refractivity (Wildman–Crippen MR) is 53.0 cm³/mol. The smallest absolute Gasteiger partial charge is 0.242 e. The number of nitrogens with one attached hydrogen (secondary N) is 3. The Bertz CT molecular complexity index is 327. The number of aromatic nitrogens is 2. The second-order valence-electron chi connectivity index (χ2n) is 3.57. The standard InChI is InChI=1S/C9H14N4O/c1-6-5-8(13-12-6)11-9(14)7-3-2-4-10-7/h5,7,10H,2-4H2,1H3,(H2,11,12,13,14). The number of H-pyrrole nitrogens is 1. The molecule has 1 unspecified atom stereocenters. The van der Waals surface area contributed by atoms with Crippen LogP contribution < -0.4 is 10.6 Å². The van der Waals surface area contributed by atoms with Gasteiger partial charge in [-0.3, -0.25) is 9.89 Å². The summed E-state index contributed by atoms with van der Waals surface area (Å²) in [5.41, 5.74) is 0.944. The van der Waals surface area contributed by atoms with E-state index in [1.807, 2.05) is 13.0 Å². The number of aryl methyl sites for hydroxylation is 1. The summed E-state index contributed by atoms with van der Waals surface area (Å²) in [6, 6.07) is 1.76. The van der Waals surface area contributed by atoms with E-state index in [-0.39, 0.29) is 11.9 Å². The SMILES string of the molecule is Cc1cc(NC(=O)C2CCCN2)n[nH]1. The van der Waals surface area contributed by atoms with E-state index in [0.717, 1.165) is 25.1 Å². The van der Waals surface area contributed by atoms with Crippen molar-refractivity contribution in [1.82, 2.24) is 15.5 Å². The Labute approximate surface area is 82.3 Å². The van der Waals surface area contributed by atoms with Gasteiger partial charge in [0.25, 0.3) is 0 Å². The Morgan fingerprint density at radius 1 is 1.71 bits per heavy atom. The van der Waals surface area contributed by atoms with Gasteiger partial charge in [-0.1, -0.05) is 0 Å². The lowest BCUT2D eigenvalue weighted by atomic mass is 10.2. The Hall–Kier alpha value is -1.36. The minimum absolute atomic E-state index is 0.00833. The van der Waals surface area contributed by atoms with Crippen molar-refractivity contribution in [3.8, 4) is 0 Å². The minimum atomic E-state index is -0.0491. The molecule has 0 aliphatic carbocycles. The van der Waals surface area contributed by atoms with Crippen LogP contribution in [0.2, 0.25) is 0 Å². The van der Waals surface area contributed by atoms with E-state index >= 15 is 0 Å². The molecule has 1 atom stereocenters. The molecule has 3 N–H and O–H groups in total. The minimum Gasteiger partial charge on any atom is -0.308 e. The van der Waals surface area contributed by atoms with Crippen LogP contribution in [0.25, 0.3) is 0 Å². The number of aromatic amines is 1. The zero-order valence-electron chi connectivity index (χ0n) is 8.13. The van der Waals surface area contributed by atoms with Crippen molar-refractivity contribution in [2.24, 2.45) is 0 Å². The third kappa shape index (κ3) is 1.93. The molecule has 5 heteroatoms. The molecule has 0 aromatic carbocycles. The molecule has 2 heterocycles. The molecule has 1 aromatic rings. The van der Waals surface area contributed by atoms with Gasteiger partial charge in [-0.05, 0) is 26.3 Å². The monoisotopic (exact) mass is 194 g/mol. The number of amides is 1. The summed E-state index contributed by atoms with van der Waals surface area (Å²) in [5.74, 6) is 0.607. The Morgan fingerprint density at radius 3 is 3.14 bits per heavy atom. The summed E-state index contributed by atoms with van der Waals surface area (Å²) < 4.78 is 0. The highest BCUT2D eigenvalue weighted by molar-refractivity contribution is 5.94. The van der Waals surface area contributed by atoms with Crippen LogP contribution in [0.3, 0.4) is 0 Å². The van der Waals surface area contributed by atoms with Gasteiger partial charge in [0.2, 0.25) is 5.91 Å². The fourth-order valence-corrected chi connectivity index (χ4v) is 1.60. The van der Waals surface area contributed by atoms with Crippen molar-refractivity contribution >= 4 is 11.7 Å². The number of carbonyl (C=O) groups is 1. The molecule has 5 nitrogen and oxygen atoms in total. The van der Waals surface area contributed by atoms with Gasteiger partial charge in [0, 0.05) is 11.8 Å². The maximum absolute atomic E-state index is 11.6. The molecule has 0 spiro atoms. The first-order chi connectivity index (χ1) is 6.75. The largest absolute Gasteiger partial charge is 0.308 e. The predicted octanol–water partition coefficient (Wildman–Crippen LogP) is 0.409. The fourth-order valence-electron chi connectivity index (χ4n) is 1.60. The highest BCUT2D eigenvalue weighted by Gasteiger charge is 2.22. The molecular weight excluding hydrogens is 180 g/mol. The Balaban J connectivity index is 1.93. The van der Waals surface area contributed by atoms with Gasteiger partial charge in [-0.15, -0.1) is 0 Å². The molecular formula is C9H14N4O. The Kier molecular flexibility index (Phi) is 2.49. The second-order valence-corrected chi connectivity index (χ2v) is 3.57. The lowest BCUT2D eigenvalue weighted by Gasteiger charge is -2.08. The maximum Gasteiger partial charge on any atom is 0.242 e. The van der Waals surface area contributed by atoms with Crippen LogP contribution in [0.15, 0.2) is 6.07 Å². The van der Waals surface area contributed by atoms with E-state index in [0.29, 0.717) is 5.82 Å². The van der Waals surface area contributed by atoms with E-state index in [2.05, 4.69) is 20.8 Å². The Morgan fingerprint density at radius 2 is 2.57 bits per heavy atom. The molecule has 0 radical (unpaired) electrons. The van der Waals surface area contributed by atoms with E-state index in [4.69, 9.17) is 0 Å². The van der Waals surface area contributed by atoms with Crippen LogP contribution in [-0.4, -0.2) is 28.7 Å². The lowest BCUT2D eigenvalue weighted by molar-refractivity contribution is -0.117. The molecule has 14 heavy (non-hydrogen) atoms.